The van der Waals surface area contributed by atoms with Crippen molar-refractivity contribution in [3.63, 3.8) is 0 Å². The predicted octanol–water partition coefficient (Wildman–Crippen LogP) is 0.585. The quantitative estimate of drug-likeness (QED) is 0.766. The Kier molecular flexibility index (Phi) is 4.39. The summed E-state index contributed by atoms with van der Waals surface area (Å²) in [6.45, 7) is 6.63. The van der Waals surface area contributed by atoms with Gasteiger partial charge in [0.15, 0.2) is 0 Å². The van der Waals surface area contributed by atoms with Crippen molar-refractivity contribution >= 4 is 18.0 Å². The average molecular weight is 272 g/mol. The predicted molar refractivity (Wildman–Crippen MR) is 66.6 cm³/mol. The van der Waals surface area contributed by atoms with E-state index >= 15 is 0 Å². The van der Waals surface area contributed by atoms with E-state index in [9.17, 15) is 14.4 Å². The Morgan fingerprint density at radius 2 is 1.89 bits per heavy atom. The van der Waals surface area contributed by atoms with Crippen LogP contribution in [0.3, 0.4) is 0 Å². The molecule has 1 heterocycles. The van der Waals surface area contributed by atoms with Gasteiger partial charge in [0.1, 0.15) is 11.6 Å². The van der Waals surface area contributed by atoms with Gasteiger partial charge in [-0.1, -0.05) is 0 Å². The molecule has 0 aromatic heterocycles. The first kappa shape index (κ1) is 15.3. The minimum Gasteiger partial charge on any atom is -0.480 e. The molecule has 108 valence electrons. The van der Waals surface area contributed by atoms with Gasteiger partial charge in [-0.3, -0.25) is 9.69 Å². The van der Waals surface area contributed by atoms with Gasteiger partial charge >= 0.3 is 12.1 Å². The number of carboxylic acid groups (broad SMARTS) is 1. The fraction of sp³-hybridized carbons (Fsp3) is 0.750. The van der Waals surface area contributed by atoms with Crippen molar-refractivity contribution in [3.8, 4) is 0 Å². The second-order valence-corrected chi connectivity index (χ2v) is 5.62. The third-order valence-electron chi connectivity index (χ3n) is 2.62. The summed E-state index contributed by atoms with van der Waals surface area (Å²) >= 11 is 0. The molecule has 7 nitrogen and oxygen atoms in total. The minimum atomic E-state index is -1.10. The summed E-state index contributed by atoms with van der Waals surface area (Å²) in [5, 5.41) is 11.7. The summed E-state index contributed by atoms with van der Waals surface area (Å²) in [5.41, 5.74) is -0.688. The number of carboxylic acids is 1. The van der Waals surface area contributed by atoms with Gasteiger partial charge in [-0.05, 0) is 20.8 Å². The summed E-state index contributed by atoms with van der Waals surface area (Å²) in [6.07, 6.45) is -0.485. The van der Waals surface area contributed by atoms with Gasteiger partial charge in [0.05, 0.1) is 0 Å². The van der Waals surface area contributed by atoms with Crippen molar-refractivity contribution in [2.24, 2.45) is 0 Å². The molecular formula is C12H20N2O5. The van der Waals surface area contributed by atoms with E-state index in [1.54, 1.807) is 20.8 Å². The summed E-state index contributed by atoms with van der Waals surface area (Å²) in [6, 6.07) is -1.32. The highest BCUT2D eigenvalue weighted by atomic mass is 16.6. The van der Waals surface area contributed by atoms with Crippen LogP contribution in [0.4, 0.5) is 4.79 Å². The maximum Gasteiger partial charge on any atom is 0.411 e. The molecule has 0 bridgehead atoms. The number of hydrogen-bond acceptors (Lipinski definition) is 4. The minimum absolute atomic E-state index is 0.144. The molecule has 2 amide bonds. The first-order valence-electron chi connectivity index (χ1n) is 6.09. The molecule has 1 rings (SSSR count). The van der Waals surface area contributed by atoms with Crippen LogP contribution in [0.5, 0.6) is 0 Å². The van der Waals surface area contributed by atoms with Crippen LogP contribution in [0.15, 0.2) is 0 Å². The van der Waals surface area contributed by atoms with E-state index in [2.05, 4.69) is 5.32 Å². The molecule has 0 saturated carbocycles. The van der Waals surface area contributed by atoms with Gasteiger partial charge in [0, 0.05) is 25.9 Å². The Hall–Kier alpha value is -1.79. The summed E-state index contributed by atoms with van der Waals surface area (Å²) < 4.78 is 5.17. The van der Waals surface area contributed by atoms with Crippen LogP contribution in [0.1, 0.15) is 34.1 Å². The molecule has 0 aromatic carbocycles. The molecule has 2 N–H and O–H groups in total. The van der Waals surface area contributed by atoms with Crippen molar-refractivity contribution in [3.05, 3.63) is 0 Å². The van der Waals surface area contributed by atoms with Crippen LogP contribution >= 0.6 is 0 Å². The van der Waals surface area contributed by atoms with Crippen molar-refractivity contribution in [1.82, 2.24) is 10.2 Å². The topological polar surface area (TPSA) is 95.9 Å². The Labute approximate surface area is 111 Å². The van der Waals surface area contributed by atoms with Gasteiger partial charge in [0.25, 0.3) is 0 Å². The number of hydrogen-bond donors (Lipinski definition) is 2. The lowest BCUT2D eigenvalue weighted by atomic mass is 10.2. The lowest BCUT2D eigenvalue weighted by molar-refractivity contribution is -0.142. The van der Waals surface area contributed by atoms with Gasteiger partial charge in [0.2, 0.25) is 5.91 Å². The number of rotatable bonds is 2. The van der Waals surface area contributed by atoms with Crippen LogP contribution in [0.25, 0.3) is 0 Å². The molecule has 1 fully saturated rings. The maximum atomic E-state index is 11.9. The van der Waals surface area contributed by atoms with Crippen LogP contribution in [0, 0.1) is 0 Å². The molecule has 0 aliphatic carbocycles. The molecular weight excluding hydrogens is 252 g/mol. The third-order valence-corrected chi connectivity index (χ3v) is 2.62. The van der Waals surface area contributed by atoms with E-state index in [0.717, 1.165) is 4.90 Å². The van der Waals surface area contributed by atoms with Crippen molar-refractivity contribution in [2.75, 3.05) is 6.54 Å². The van der Waals surface area contributed by atoms with Crippen molar-refractivity contribution in [1.29, 1.82) is 0 Å². The van der Waals surface area contributed by atoms with Crippen LogP contribution < -0.4 is 5.32 Å². The molecule has 2 atom stereocenters. The summed E-state index contributed by atoms with van der Waals surface area (Å²) in [7, 11) is 0. The van der Waals surface area contributed by atoms with Crippen LogP contribution in [0.2, 0.25) is 0 Å². The molecule has 0 aromatic rings. The van der Waals surface area contributed by atoms with Crippen LogP contribution in [-0.4, -0.2) is 52.2 Å². The fourth-order valence-corrected chi connectivity index (χ4v) is 1.98. The molecule has 1 saturated heterocycles. The zero-order chi connectivity index (χ0) is 14.8. The number of amides is 2. The monoisotopic (exact) mass is 272 g/mol. The lowest BCUT2D eigenvalue weighted by Crippen LogP contribution is -2.44. The molecule has 7 heteroatoms. The third kappa shape index (κ3) is 4.42. The fourth-order valence-electron chi connectivity index (χ4n) is 1.98. The first-order chi connectivity index (χ1) is 8.60. The number of ether oxygens (including phenoxy) is 1. The van der Waals surface area contributed by atoms with Crippen molar-refractivity contribution in [2.45, 2.75) is 51.8 Å². The molecule has 2 unspecified atom stereocenters. The highest BCUT2D eigenvalue weighted by molar-refractivity contribution is 5.81. The maximum absolute atomic E-state index is 11.9. The molecule has 1 aliphatic rings. The van der Waals surface area contributed by atoms with Gasteiger partial charge in [-0.15, -0.1) is 0 Å². The molecule has 0 spiro atoms. The standard InChI is InChI=1S/C12H20N2O5/c1-7(15)13-8-5-9(10(16)17)14(6-8)11(18)19-12(2,3)4/h8-9H,5-6H2,1-4H3,(H,13,15)(H,16,17). The van der Waals surface area contributed by atoms with E-state index in [1.807, 2.05) is 0 Å². The average Bonchev–Trinajstić information content (AvgIpc) is 2.57. The zero-order valence-electron chi connectivity index (χ0n) is 11.6. The largest absolute Gasteiger partial charge is 0.480 e. The number of nitrogens with zero attached hydrogens (tertiary/aromatic N) is 1. The SMILES string of the molecule is CC(=O)NC1CC(C(=O)O)N(C(=O)OC(C)(C)C)C1. The van der Waals surface area contributed by atoms with Crippen molar-refractivity contribution < 1.29 is 24.2 Å². The highest BCUT2D eigenvalue weighted by Crippen LogP contribution is 2.21. The van der Waals surface area contributed by atoms with E-state index in [4.69, 9.17) is 9.84 Å². The van der Waals surface area contributed by atoms with Crippen LogP contribution in [-0.2, 0) is 14.3 Å². The van der Waals surface area contributed by atoms with E-state index in [0.29, 0.717) is 0 Å². The number of likely N-dealkylation sites (tertiary alicyclic amines) is 1. The smallest absolute Gasteiger partial charge is 0.411 e. The van der Waals surface area contributed by atoms with E-state index in [1.165, 1.54) is 6.92 Å². The van der Waals surface area contributed by atoms with Gasteiger partial charge in [-0.25, -0.2) is 9.59 Å². The Morgan fingerprint density at radius 1 is 1.32 bits per heavy atom. The summed E-state index contributed by atoms with van der Waals surface area (Å²) in [5.74, 6) is -1.35. The first-order valence-corrected chi connectivity index (χ1v) is 6.09. The molecule has 19 heavy (non-hydrogen) atoms. The normalized spacial score (nSPS) is 23.1. The van der Waals surface area contributed by atoms with Gasteiger partial charge < -0.3 is 15.2 Å². The Morgan fingerprint density at radius 3 is 2.32 bits per heavy atom. The summed E-state index contributed by atoms with van der Waals surface area (Å²) in [4.78, 5) is 35.2. The van der Waals surface area contributed by atoms with E-state index in [-0.39, 0.29) is 24.9 Å². The number of carbonyl (C=O) groups is 3. The zero-order valence-corrected chi connectivity index (χ0v) is 11.6. The van der Waals surface area contributed by atoms with Gasteiger partial charge in [-0.2, -0.15) is 0 Å². The Balaban J connectivity index is 2.76. The number of aliphatic carboxylic acids is 1. The lowest BCUT2D eigenvalue weighted by Gasteiger charge is -2.26. The Bertz CT molecular complexity index is 388. The number of carbonyl (C=O) groups excluding carboxylic acids is 2. The second kappa shape index (κ2) is 5.46. The molecule has 1 aliphatic heterocycles. The highest BCUT2D eigenvalue weighted by Gasteiger charge is 2.41. The molecule has 0 radical (unpaired) electrons. The second-order valence-electron chi connectivity index (χ2n) is 5.62. The number of nitrogens with one attached hydrogen (secondary N) is 1. The van der Waals surface area contributed by atoms with E-state index < -0.39 is 23.7 Å².